The second-order valence-corrected chi connectivity index (χ2v) is 7.84. The molecule has 2 aromatic heterocycles. The third-order valence-corrected chi connectivity index (χ3v) is 5.20. The predicted octanol–water partition coefficient (Wildman–Crippen LogP) is 3.65. The van der Waals surface area contributed by atoms with Crippen molar-refractivity contribution in [2.75, 3.05) is 18.5 Å². The molecule has 0 bridgehead atoms. The van der Waals surface area contributed by atoms with Gasteiger partial charge in [0, 0.05) is 26.0 Å². The molecule has 1 aromatic carbocycles. The summed E-state index contributed by atoms with van der Waals surface area (Å²) in [5, 5.41) is 8.42. The molecule has 0 aliphatic carbocycles. The standard InChI is InChI=1S/C22H26N4O3/c1-22(2,21(27)24-19-9-5-6-12-23-19)29-20-17-7-3-4-8-18(17)26(25-20)15-16-10-13-28-14-11-16/h3-9,12,16H,10-11,13-15H2,1-2H3,(H,23,24,27). The number of amides is 1. The number of para-hydroxylation sites is 1. The number of carbonyl (C=O) groups excluding carboxylic acids is 1. The number of aromatic nitrogens is 3. The highest BCUT2D eigenvalue weighted by Crippen LogP contribution is 2.30. The van der Waals surface area contributed by atoms with Crippen LogP contribution in [-0.2, 0) is 16.1 Å². The Morgan fingerprint density at radius 1 is 1.21 bits per heavy atom. The molecular formula is C22H26N4O3. The summed E-state index contributed by atoms with van der Waals surface area (Å²) < 4.78 is 13.6. The monoisotopic (exact) mass is 394 g/mol. The van der Waals surface area contributed by atoms with Crippen LogP contribution < -0.4 is 10.1 Å². The number of nitrogens with one attached hydrogen (secondary N) is 1. The number of nitrogens with zero attached hydrogens (tertiary/aromatic N) is 3. The third-order valence-electron chi connectivity index (χ3n) is 5.20. The van der Waals surface area contributed by atoms with Crippen LogP contribution in [0.3, 0.4) is 0 Å². The molecule has 1 amide bonds. The molecule has 29 heavy (non-hydrogen) atoms. The van der Waals surface area contributed by atoms with Crippen molar-refractivity contribution in [1.82, 2.24) is 14.8 Å². The van der Waals surface area contributed by atoms with Gasteiger partial charge >= 0.3 is 0 Å². The van der Waals surface area contributed by atoms with Crippen LogP contribution in [0.15, 0.2) is 48.7 Å². The molecule has 4 rings (SSSR count). The lowest BCUT2D eigenvalue weighted by Gasteiger charge is -2.24. The summed E-state index contributed by atoms with van der Waals surface area (Å²) in [6.07, 6.45) is 3.69. The van der Waals surface area contributed by atoms with Gasteiger partial charge in [-0.2, -0.15) is 0 Å². The van der Waals surface area contributed by atoms with Crippen molar-refractivity contribution >= 4 is 22.6 Å². The number of anilines is 1. The summed E-state index contributed by atoms with van der Waals surface area (Å²) in [4.78, 5) is 16.9. The molecule has 0 atom stereocenters. The van der Waals surface area contributed by atoms with E-state index < -0.39 is 5.60 Å². The van der Waals surface area contributed by atoms with Gasteiger partial charge in [0.2, 0.25) is 5.88 Å². The SMILES string of the molecule is CC(C)(Oc1nn(CC2CCOCC2)c2ccccc12)C(=O)Nc1ccccn1. The molecule has 7 nitrogen and oxygen atoms in total. The van der Waals surface area contributed by atoms with Crippen molar-refractivity contribution in [1.29, 1.82) is 0 Å². The number of hydrogen-bond acceptors (Lipinski definition) is 5. The van der Waals surface area contributed by atoms with Crippen LogP contribution in [-0.4, -0.2) is 39.5 Å². The maximum atomic E-state index is 12.8. The van der Waals surface area contributed by atoms with Crippen molar-refractivity contribution in [3.05, 3.63) is 48.7 Å². The topological polar surface area (TPSA) is 78.3 Å². The van der Waals surface area contributed by atoms with E-state index in [1.54, 1.807) is 32.2 Å². The van der Waals surface area contributed by atoms with Crippen LogP contribution in [0.2, 0.25) is 0 Å². The zero-order chi connectivity index (χ0) is 20.3. The minimum atomic E-state index is -1.11. The van der Waals surface area contributed by atoms with Crippen molar-refractivity contribution in [3.8, 4) is 5.88 Å². The van der Waals surface area contributed by atoms with Crippen LogP contribution in [0.5, 0.6) is 5.88 Å². The zero-order valence-electron chi connectivity index (χ0n) is 16.8. The highest BCUT2D eigenvalue weighted by atomic mass is 16.5. The number of hydrogen-bond donors (Lipinski definition) is 1. The number of pyridine rings is 1. The molecule has 0 unspecified atom stereocenters. The summed E-state index contributed by atoms with van der Waals surface area (Å²) in [7, 11) is 0. The first-order valence-corrected chi connectivity index (χ1v) is 9.98. The molecule has 152 valence electrons. The minimum Gasteiger partial charge on any atom is -0.460 e. The fraction of sp³-hybridized carbons (Fsp3) is 0.409. The van der Waals surface area contributed by atoms with E-state index in [-0.39, 0.29) is 5.91 Å². The molecular weight excluding hydrogens is 368 g/mol. The van der Waals surface area contributed by atoms with E-state index in [0.717, 1.165) is 43.5 Å². The Morgan fingerprint density at radius 3 is 2.72 bits per heavy atom. The van der Waals surface area contributed by atoms with Gasteiger partial charge in [0.05, 0.1) is 10.9 Å². The molecule has 0 radical (unpaired) electrons. The first-order chi connectivity index (χ1) is 14.0. The van der Waals surface area contributed by atoms with E-state index in [1.807, 2.05) is 35.0 Å². The largest absolute Gasteiger partial charge is 0.460 e. The van der Waals surface area contributed by atoms with E-state index in [9.17, 15) is 4.79 Å². The van der Waals surface area contributed by atoms with Gasteiger partial charge in [-0.25, -0.2) is 4.98 Å². The molecule has 1 fully saturated rings. The van der Waals surface area contributed by atoms with Crippen LogP contribution >= 0.6 is 0 Å². The van der Waals surface area contributed by atoms with Gasteiger partial charge in [0.15, 0.2) is 5.60 Å². The van der Waals surface area contributed by atoms with Gasteiger partial charge in [-0.05, 0) is 56.9 Å². The second-order valence-electron chi connectivity index (χ2n) is 7.84. The minimum absolute atomic E-state index is 0.278. The van der Waals surface area contributed by atoms with Crippen molar-refractivity contribution in [3.63, 3.8) is 0 Å². The van der Waals surface area contributed by atoms with E-state index >= 15 is 0 Å². The van der Waals surface area contributed by atoms with E-state index in [0.29, 0.717) is 17.6 Å². The number of benzene rings is 1. The Bertz CT molecular complexity index is 978. The number of ether oxygens (including phenoxy) is 2. The normalized spacial score (nSPS) is 15.4. The van der Waals surface area contributed by atoms with Crippen LogP contribution in [0.4, 0.5) is 5.82 Å². The van der Waals surface area contributed by atoms with Gasteiger partial charge in [0.1, 0.15) is 5.82 Å². The predicted molar refractivity (Wildman–Crippen MR) is 111 cm³/mol. The van der Waals surface area contributed by atoms with Gasteiger partial charge in [-0.3, -0.25) is 9.48 Å². The van der Waals surface area contributed by atoms with Crippen LogP contribution in [0.1, 0.15) is 26.7 Å². The van der Waals surface area contributed by atoms with Crippen molar-refractivity contribution in [2.24, 2.45) is 5.92 Å². The molecule has 1 N–H and O–H groups in total. The lowest BCUT2D eigenvalue weighted by atomic mass is 10.0. The Kier molecular flexibility index (Phi) is 5.49. The van der Waals surface area contributed by atoms with E-state index in [1.165, 1.54) is 0 Å². The number of rotatable bonds is 6. The van der Waals surface area contributed by atoms with Crippen LogP contribution in [0.25, 0.3) is 10.9 Å². The average Bonchev–Trinajstić information content (AvgIpc) is 3.06. The fourth-order valence-corrected chi connectivity index (χ4v) is 3.48. The highest BCUT2D eigenvalue weighted by molar-refractivity contribution is 5.96. The molecule has 3 aromatic rings. The highest BCUT2D eigenvalue weighted by Gasteiger charge is 2.32. The van der Waals surface area contributed by atoms with Gasteiger partial charge < -0.3 is 14.8 Å². The second kappa shape index (κ2) is 8.21. The van der Waals surface area contributed by atoms with Crippen molar-refractivity contribution in [2.45, 2.75) is 38.8 Å². The number of fused-ring (bicyclic) bond motifs is 1. The lowest BCUT2D eigenvalue weighted by molar-refractivity contribution is -0.128. The lowest BCUT2D eigenvalue weighted by Crippen LogP contribution is -2.42. The Morgan fingerprint density at radius 2 is 1.97 bits per heavy atom. The summed E-state index contributed by atoms with van der Waals surface area (Å²) in [5.74, 6) is 1.21. The maximum absolute atomic E-state index is 12.8. The molecule has 7 heteroatoms. The smallest absolute Gasteiger partial charge is 0.269 e. The average molecular weight is 394 g/mol. The number of carbonyl (C=O) groups is 1. The van der Waals surface area contributed by atoms with Crippen molar-refractivity contribution < 1.29 is 14.3 Å². The first kappa shape index (κ1) is 19.4. The van der Waals surface area contributed by atoms with Gasteiger partial charge in [-0.15, -0.1) is 5.10 Å². The van der Waals surface area contributed by atoms with Gasteiger partial charge in [-0.1, -0.05) is 18.2 Å². The van der Waals surface area contributed by atoms with E-state index in [2.05, 4.69) is 10.3 Å². The summed E-state index contributed by atoms with van der Waals surface area (Å²) >= 11 is 0. The quantitative estimate of drug-likeness (QED) is 0.690. The Hall–Kier alpha value is -2.93. The molecule has 1 aliphatic heterocycles. The molecule has 0 spiro atoms. The van der Waals surface area contributed by atoms with E-state index in [4.69, 9.17) is 14.6 Å². The fourth-order valence-electron chi connectivity index (χ4n) is 3.48. The first-order valence-electron chi connectivity index (χ1n) is 9.98. The third kappa shape index (κ3) is 4.40. The summed E-state index contributed by atoms with van der Waals surface area (Å²) in [6, 6.07) is 13.3. The molecule has 1 saturated heterocycles. The summed E-state index contributed by atoms with van der Waals surface area (Å²) in [5.41, 5.74) is -0.104. The van der Waals surface area contributed by atoms with Crippen LogP contribution in [0, 0.1) is 5.92 Å². The maximum Gasteiger partial charge on any atom is 0.269 e. The zero-order valence-corrected chi connectivity index (χ0v) is 16.8. The molecule has 0 saturated carbocycles. The molecule has 1 aliphatic rings. The molecule has 3 heterocycles. The Balaban J connectivity index is 1.55. The summed E-state index contributed by atoms with van der Waals surface area (Å²) in [6.45, 7) is 5.88. The van der Waals surface area contributed by atoms with Gasteiger partial charge in [0.25, 0.3) is 5.91 Å². The Labute approximate surface area is 170 Å².